The van der Waals surface area contributed by atoms with Gasteiger partial charge in [-0.05, 0) is 41.0 Å². The molecule has 0 aromatic heterocycles. The van der Waals surface area contributed by atoms with Crippen LogP contribution in [0.15, 0.2) is 42.5 Å². The molecule has 0 amide bonds. The SMILES string of the molecule is O=C(O)C(O)c1ccc(F)cc1-c1cccc(F)c1. The van der Waals surface area contributed by atoms with Crippen LogP contribution in [-0.4, -0.2) is 16.2 Å². The Morgan fingerprint density at radius 1 is 1.05 bits per heavy atom. The second kappa shape index (κ2) is 5.16. The predicted octanol–water partition coefficient (Wildman–Crippen LogP) is 2.75. The van der Waals surface area contributed by atoms with Gasteiger partial charge in [0.05, 0.1) is 0 Å². The van der Waals surface area contributed by atoms with Gasteiger partial charge in [-0.3, -0.25) is 0 Å². The Kier molecular flexibility index (Phi) is 3.57. The summed E-state index contributed by atoms with van der Waals surface area (Å²) in [7, 11) is 0. The maximum atomic E-state index is 13.3. The second-order valence-electron chi connectivity index (χ2n) is 3.98. The first-order valence-electron chi connectivity index (χ1n) is 5.45. The van der Waals surface area contributed by atoms with Crippen LogP contribution < -0.4 is 0 Å². The van der Waals surface area contributed by atoms with Crippen LogP contribution in [0.25, 0.3) is 11.1 Å². The Bertz CT molecular complexity index is 626. The fourth-order valence-corrected chi connectivity index (χ4v) is 1.81. The summed E-state index contributed by atoms with van der Waals surface area (Å²) in [5.74, 6) is -2.58. The van der Waals surface area contributed by atoms with E-state index in [4.69, 9.17) is 5.11 Å². The van der Waals surface area contributed by atoms with E-state index < -0.39 is 23.7 Å². The van der Waals surface area contributed by atoms with Crippen molar-refractivity contribution in [3.05, 3.63) is 59.7 Å². The van der Waals surface area contributed by atoms with E-state index in [0.29, 0.717) is 5.56 Å². The summed E-state index contributed by atoms with van der Waals surface area (Å²) in [6, 6.07) is 8.58. The molecule has 0 aliphatic heterocycles. The van der Waals surface area contributed by atoms with Crippen LogP contribution >= 0.6 is 0 Å². The van der Waals surface area contributed by atoms with Crippen molar-refractivity contribution in [1.82, 2.24) is 0 Å². The average molecular weight is 264 g/mol. The molecule has 0 aliphatic carbocycles. The molecule has 3 nitrogen and oxygen atoms in total. The number of carbonyl (C=O) groups is 1. The molecule has 2 aromatic carbocycles. The van der Waals surface area contributed by atoms with Gasteiger partial charge in [0.25, 0.3) is 0 Å². The third-order valence-corrected chi connectivity index (χ3v) is 2.68. The van der Waals surface area contributed by atoms with Gasteiger partial charge in [0.2, 0.25) is 0 Å². The van der Waals surface area contributed by atoms with Gasteiger partial charge in [0.1, 0.15) is 11.6 Å². The monoisotopic (exact) mass is 264 g/mol. The summed E-state index contributed by atoms with van der Waals surface area (Å²) in [6.45, 7) is 0. The first-order chi connectivity index (χ1) is 8.99. The number of hydrogen-bond donors (Lipinski definition) is 2. The van der Waals surface area contributed by atoms with E-state index in [2.05, 4.69) is 0 Å². The zero-order valence-electron chi connectivity index (χ0n) is 9.68. The Hall–Kier alpha value is -2.27. The zero-order chi connectivity index (χ0) is 14.0. The van der Waals surface area contributed by atoms with Crippen molar-refractivity contribution in [3.63, 3.8) is 0 Å². The lowest BCUT2D eigenvalue weighted by Gasteiger charge is -2.12. The number of carboxylic acid groups (broad SMARTS) is 1. The zero-order valence-corrected chi connectivity index (χ0v) is 9.68. The maximum Gasteiger partial charge on any atom is 0.337 e. The summed E-state index contributed by atoms with van der Waals surface area (Å²) < 4.78 is 26.4. The van der Waals surface area contributed by atoms with E-state index in [-0.39, 0.29) is 11.1 Å². The van der Waals surface area contributed by atoms with E-state index in [1.54, 1.807) is 0 Å². The van der Waals surface area contributed by atoms with Gasteiger partial charge in [0.15, 0.2) is 6.10 Å². The van der Waals surface area contributed by atoms with Crippen LogP contribution in [-0.2, 0) is 4.79 Å². The van der Waals surface area contributed by atoms with Gasteiger partial charge >= 0.3 is 5.97 Å². The maximum absolute atomic E-state index is 13.3. The van der Waals surface area contributed by atoms with Crippen LogP contribution in [0.2, 0.25) is 0 Å². The van der Waals surface area contributed by atoms with E-state index >= 15 is 0 Å². The molecule has 98 valence electrons. The molecule has 2 rings (SSSR count). The molecular formula is C14H10F2O3. The molecule has 2 N–H and O–H groups in total. The van der Waals surface area contributed by atoms with Crippen LogP contribution in [0.5, 0.6) is 0 Å². The Morgan fingerprint density at radius 3 is 2.37 bits per heavy atom. The van der Waals surface area contributed by atoms with Crippen molar-refractivity contribution in [2.24, 2.45) is 0 Å². The molecular weight excluding hydrogens is 254 g/mol. The average Bonchev–Trinajstić information content (AvgIpc) is 2.37. The molecule has 0 saturated heterocycles. The highest BCUT2D eigenvalue weighted by atomic mass is 19.1. The molecule has 1 unspecified atom stereocenters. The molecule has 0 aliphatic rings. The van der Waals surface area contributed by atoms with Gasteiger partial charge in [-0.15, -0.1) is 0 Å². The third-order valence-electron chi connectivity index (χ3n) is 2.68. The third kappa shape index (κ3) is 2.77. The molecule has 2 aromatic rings. The Morgan fingerprint density at radius 2 is 1.74 bits per heavy atom. The number of rotatable bonds is 3. The molecule has 0 spiro atoms. The Balaban J connectivity index is 2.61. The van der Waals surface area contributed by atoms with Crippen molar-refractivity contribution in [1.29, 1.82) is 0 Å². The molecule has 0 fully saturated rings. The van der Waals surface area contributed by atoms with Gasteiger partial charge < -0.3 is 10.2 Å². The summed E-state index contributed by atoms with van der Waals surface area (Å²) in [5, 5.41) is 18.4. The van der Waals surface area contributed by atoms with Crippen molar-refractivity contribution in [2.45, 2.75) is 6.10 Å². The minimum atomic E-state index is -1.79. The van der Waals surface area contributed by atoms with E-state index in [1.165, 1.54) is 24.3 Å². The van der Waals surface area contributed by atoms with Crippen LogP contribution in [0.1, 0.15) is 11.7 Å². The summed E-state index contributed by atoms with van der Waals surface area (Å²) in [6.07, 6.45) is -1.79. The van der Waals surface area contributed by atoms with Crippen molar-refractivity contribution >= 4 is 5.97 Å². The number of aliphatic hydroxyl groups excluding tert-OH is 1. The van der Waals surface area contributed by atoms with E-state index in [1.807, 2.05) is 0 Å². The van der Waals surface area contributed by atoms with Gasteiger partial charge in [0, 0.05) is 0 Å². The largest absolute Gasteiger partial charge is 0.479 e. The lowest BCUT2D eigenvalue weighted by atomic mass is 9.96. The van der Waals surface area contributed by atoms with Crippen LogP contribution in [0.4, 0.5) is 8.78 Å². The number of benzene rings is 2. The van der Waals surface area contributed by atoms with Crippen molar-refractivity contribution < 1.29 is 23.8 Å². The highest BCUT2D eigenvalue weighted by Gasteiger charge is 2.20. The molecule has 19 heavy (non-hydrogen) atoms. The lowest BCUT2D eigenvalue weighted by molar-refractivity contribution is -0.146. The van der Waals surface area contributed by atoms with Crippen molar-refractivity contribution in [3.8, 4) is 11.1 Å². The normalized spacial score (nSPS) is 12.2. The standard InChI is InChI=1S/C14H10F2O3/c15-9-3-1-2-8(6-9)12-7-10(16)4-5-11(12)13(17)14(18)19/h1-7,13,17H,(H,18,19). The topological polar surface area (TPSA) is 57.5 Å². The summed E-state index contributed by atoms with van der Waals surface area (Å²) in [4.78, 5) is 10.8. The smallest absolute Gasteiger partial charge is 0.337 e. The minimum Gasteiger partial charge on any atom is -0.479 e. The lowest BCUT2D eigenvalue weighted by Crippen LogP contribution is -2.11. The van der Waals surface area contributed by atoms with Gasteiger partial charge in [-0.2, -0.15) is 0 Å². The quantitative estimate of drug-likeness (QED) is 0.896. The molecule has 0 heterocycles. The van der Waals surface area contributed by atoms with Crippen LogP contribution in [0, 0.1) is 11.6 Å². The molecule has 5 heteroatoms. The first-order valence-corrected chi connectivity index (χ1v) is 5.45. The van der Waals surface area contributed by atoms with E-state index in [9.17, 15) is 18.7 Å². The van der Waals surface area contributed by atoms with Gasteiger partial charge in [-0.1, -0.05) is 18.2 Å². The second-order valence-corrected chi connectivity index (χ2v) is 3.98. The number of halogens is 2. The molecule has 0 radical (unpaired) electrons. The first kappa shape index (κ1) is 13.2. The van der Waals surface area contributed by atoms with Crippen molar-refractivity contribution in [2.75, 3.05) is 0 Å². The van der Waals surface area contributed by atoms with Crippen LogP contribution in [0.3, 0.4) is 0 Å². The van der Waals surface area contributed by atoms with E-state index in [0.717, 1.165) is 18.2 Å². The fraction of sp³-hybridized carbons (Fsp3) is 0.0714. The Labute approximate surface area is 107 Å². The minimum absolute atomic E-state index is 0.0134. The highest BCUT2D eigenvalue weighted by molar-refractivity contribution is 5.79. The summed E-state index contributed by atoms with van der Waals surface area (Å²) in [5.41, 5.74) is 0.462. The number of hydrogen-bond acceptors (Lipinski definition) is 2. The van der Waals surface area contributed by atoms with Gasteiger partial charge in [-0.25, -0.2) is 13.6 Å². The fourth-order valence-electron chi connectivity index (χ4n) is 1.81. The summed E-state index contributed by atoms with van der Waals surface area (Å²) >= 11 is 0. The molecule has 0 bridgehead atoms. The predicted molar refractivity (Wildman–Crippen MR) is 64.4 cm³/mol. The number of aliphatic hydroxyl groups is 1. The number of carboxylic acids is 1. The molecule has 0 saturated carbocycles. The number of aliphatic carboxylic acids is 1. The molecule has 1 atom stereocenters. The highest BCUT2D eigenvalue weighted by Crippen LogP contribution is 2.29.